The highest BCUT2D eigenvalue weighted by Crippen LogP contribution is 2.48. The van der Waals surface area contributed by atoms with Crippen molar-refractivity contribution in [2.24, 2.45) is 0 Å². The predicted molar refractivity (Wildman–Crippen MR) is 91.5 cm³/mol. The number of esters is 2. The van der Waals surface area contributed by atoms with Crippen LogP contribution in [0.1, 0.15) is 25.0 Å². The largest absolute Gasteiger partial charge is 0.484 e. The summed E-state index contributed by atoms with van der Waals surface area (Å²) in [6.07, 6.45) is -0.873. The van der Waals surface area contributed by atoms with Crippen LogP contribution in [-0.4, -0.2) is 40.2 Å². The SMILES string of the molecule is CCOC(=O)C1=C(C(=O)OC)[C@@H](C)OC2=C1S(=O)(=O)c1ccc(C)cc12. The Kier molecular flexibility index (Phi) is 4.39. The van der Waals surface area contributed by atoms with Crippen LogP contribution in [0, 0.1) is 6.92 Å². The zero-order chi connectivity index (χ0) is 19.2. The van der Waals surface area contributed by atoms with Crippen molar-refractivity contribution < 1.29 is 32.2 Å². The van der Waals surface area contributed by atoms with E-state index >= 15 is 0 Å². The Morgan fingerprint density at radius 3 is 2.54 bits per heavy atom. The van der Waals surface area contributed by atoms with Crippen LogP contribution in [-0.2, 0) is 33.6 Å². The van der Waals surface area contributed by atoms with Crippen molar-refractivity contribution in [2.45, 2.75) is 31.8 Å². The molecule has 1 aromatic carbocycles. The maximum atomic E-state index is 13.1. The van der Waals surface area contributed by atoms with Gasteiger partial charge >= 0.3 is 11.9 Å². The molecule has 0 fully saturated rings. The van der Waals surface area contributed by atoms with Crippen molar-refractivity contribution >= 4 is 27.5 Å². The summed E-state index contributed by atoms with van der Waals surface area (Å²) in [7, 11) is -2.90. The van der Waals surface area contributed by atoms with Gasteiger partial charge in [0.25, 0.3) is 0 Å². The second kappa shape index (κ2) is 6.28. The van der Waals surface area contributed by atoms with Gasteiger partial charge in [-0.3, -0.25) is 0 Å². The third kappa shape index (κ3) is 2.52. The summed E-state index contributed by atoms with van der Waals surface area (Å²) in [4.78, 5) is 24.5. The third-order valence-corrected chi connectivity index (χ3v) is 6.09. The van der Waals surface area contributed by atoms with Crippen molar-refractivity contribution in [3.8, 4) is 0 Å². The number of rotatable bonds is 3. The highest BCUT2D eigenvalue weighted by molar-refractivity contribution is 7.96. The lowest BCUT2D eigenvalue weighted by atomic mass is 9.97. The summed E-state index contributed by atoms with van der Waals surface area (Å²) >= 11 is 0. The van der Waals surface area contributed by atoms with Crippen LogP contribution >= 0.6 is 0 Å². The van der Waals surface area contributed by atoms with Crippen molar-refractivity contribution in [1.82, 2.24) is 0 Å². The molecule has 2 aliphatic rings. The first kappa shape index (κ1) is 18.2. The fourth-order valence-corrected chi connectivity index (χ4v) is 4.89. The second-order valence-corrected chi connectivity index (χ2v) is 7.78. The first-order chi connectivity index (χ1) is 12.2. The van der Waals surface area contributed by atoms with E-state index in [-0.39, 0.29) is 33.3 Å². The molecule has 0 saturated carbocycles. The number of hydrogen-bond acceptors (Lipinski definition) is 7. The molecule has 1 atom stereocenters. The zero-order valence-electron chi connectivity index (χ0n) is 14.8. The number of aryl methyl sites for hydroxylation is 1. The number of fused-ring (bicyclic) bond motifs is 2. The average molecular weight is 378 g/mol. The van der Waals surface area contributed by atoms with E-state index < -0.39 is 27.9 Å². The monoisotopic (exact) mass is 378 g/mol. The third-order valence-electron chi connectivity index (χ3n) is 4.23. The number of sulfone groups is 1. The second-order valence-electron chi connectivity index (χ2n) is 5.92. The van der Waals surface area contributed by atoms with E-state index in [4.69, 9.17) is 14.2 Å². The Hall–Kier alpha value is -2.61. The van der Waals surface area contributed by atoms with Crippen molar-refractivity contribution in [2.75, 3.05) is 13.7 Å². The Morgan fingerprint density at radius 2 is 1.92 bits per heavy atom. The summed E-state index contributed by atoms with van der Waals surface area (Å²) in [6, 6.07) is 4.80. The number of carbonyl (C=O) groups excluding carboxylic acids is 2. The summed E-state index contributed by atoms with van der Waals surface area (Å²) in [5.74, 6) is -1.68. The minimum absolute atomic E-state index is 0.0285. The number of ether oxygens (including phenoxy) is 3. The van der Waals surface area contributed by atoms with Gasteiger partial charge in [0.2, 0.25) is 9.84 Å². The van der Waals surface area contributed by atoms with Crippen LogP contribution in [0.4, 0.5) is 0 Å². The Morgan fingerprint density at radius 1 is 1.23 bits per heavy atom. The Balaban J connectivity index is 2.36. The molecule has 0 saturated heterocycles. The first-order valence-electron chi connectivity index (χ1n) is 8.01. The number of carbonyl (C=O) groups is 2. The molecule has 0 aromatic heterocycles. The minimum atomic E-state index is -4.05. The molecule has 0 bridgehead atoms. The maximum absolute atomic E-state index is 13.1. The zero-order valence-corrected chi connectivity index (χ0v) is 15.6. The summed E-state index contributed by atoms with van der Waals surface area (Å²) in [5.41, 5.74) is 0.723. The van der Waals surface area contributed by atoms with Crippen LogP contribution in [0.15, 0.2) is 39.1 Å². The topological polar surface area (TPSA) is 96.0 Å². The molecule has 0 N–H and O–H groups in total. The van der Waals surface area contributed by atoms with Crippen LogP contribution in [0.2, 0.25) is 0 Å². The van der Waals surface area contributed by atoms with Crippen molar-refractivity contribution in [1.29, 1.82) is 0 Å². The lowest BCUT2D eigenvalue weighted by molar-refractivity contribution is -0.141. The molecule has 1 aromatic rings. The van der Waals surface area contributed by atoms with Crippen LogP contribution in [0.25, 0.3) is 5.76 Å². The molecule has 2 heterocycles. The lowest BCUT2D eigenvalue weighted by Crippen LogP contribution is -2.30. The summed E-state index contributed by atoms with van der Waals surface area (Å²) < 4.78 is 41.7. The van der Waals surface area contributed by atoms with Gasteiger partial charge in [0.05, 0.1) is 29.8 Å². The summed E-state index contributed by atoms with van der Waals surface area (Å²) in [5, 5.41) is 0. The van der Waals surface area contributed by atoms with Crippen molar-refractivity contribution in [3.63, 3.8) is 0 Å². The molecule has 7 nitrogen and oxygen atoms in total. The van der Waals surface area contributed by atoms with E-state index in [1.165, 1.54) is 6.07 Å². The molecule has 0 spiro atoms. The van der Waals surface area contributed by atoms with Crippen molar-refractivity contribution in [3.05, 3.63) is 45.4 Å². The van der Waals surface area contributed by atoms with Gasteiger partial charge in [-0.15, -0.1) is 0 Å². The summed E-state index contributed by atoms with van der Waals surface area (Å²) in [6.45, 7) is 4.99. The van der Waals surface area contributed by atoms with Gasteiger partial charge in [0.15, 0.2) is 0 Å². The standard InChI is InChI=1S/C18H18O7S/c1-5-24-18(20)14-13(17(19)23-4)10(3)25-15-11-8-9(2)6-7-12(11)26(21,22)16(14)15/h6-8,10H,5H2,1-4H3/t10-/m1/s1. The first-order valence-corrected chi connectivity index (χ1v) is 9.49. The molecule has 0 aliphatic carbocycles. The molecular formula is C18H18O7S. The predicted octanol–water partition coefficient (Wildman–Crippen LogP) is 1.90. The molecule has 2 aliphatic heterocycles. The molecule has 3 rings (SSSR count). The molecule has 0 amide bonds. The van der Waals surface area contributed by atoms with E-state index in [2.05, 4.69) is 0 Å². The van der Waals surface area contributed by atoms with E-state index in [9.17, 15) is 18.0 Å². The quantitative estimate of drug-likeness (QED) is 0.741. The highest BCUT2D eigenvalue weighted by Gasteiger charge is 2.48. The fourth-order valence-electron chi connectivity index (χ4n) is 3.12. The number of hydrogen-bond donors (Lipinski definition) is 0. The maximum Gasteiger partial charge on any atom is 0.340 e. The lowest BCUT2D eigenvalue weighted by Gasteiger charge is -2.26. The van der Waals surface area contributed by atoms with E-state index in [0.29, 0.717) is 5.56 Å². The number of methoxy groups -OCH3 is 1. The van der Waals surface area contributed by atoms with Gasteiger partial charge in [-0.05, 0) is 32.9 Å². The van der Waals surface area contributed by atoms with Crippen LogP contribution < -0.4 is 0 Å². The molecule has 0 radical (unpaired) electrons. The smallest absolute Gasteiger partial charge is 0.340 e. The van der Waals surface area contributed by atoms with Gasteiger partial charge in [-0.2, -0.15) is 0 Å². The molecular weight excluding hydrogens is 360 g/mol. The fraction of sp³-hybridized carbons (Fsp3) is 0.333. The minimum Gasteiger partial charge on any atom is -0.484 e. The molecule has 138 valence electrons. The average Bonchev–Trinajstić information content (AvgIpc) is 2.80. The molecule has 26 heavy (non-hydrogen) atoms. The van der Waals surface area contributed by atoms with Gasteiger partial charge in [0.1, 0.15) is 16.8 Å². The molecule has 8 heteroatoms. The van der Waals surface area contributed by atoms with Gasteiger partial charge in [-0.25, -0.2) is 18.0 Å². The van der Waals surface area contributed by atoms with Gasteiger partial charge in [0, 0.05) is 5.56 Å². The Bertz CT molecular complexity index is 983. The normalized spacial score (nSPS) is 20.2. The highest BCUT2D eigenvalue weighted by atomic mass is 32.2. The van der Waals surface area contributed by atoms with Gasteiger partial charge in [-0.1, -0.05) is 11.6 Å². The van der Waals surface area contributed by atoms with E-state index in [1.54, 1.807) is 26.0 Å². The van der Waals surface area contributed by atoms with Gasteiger partial charge < -0.3 is 14.2 Å². The van der Waals surface area contributed by atoms with Crippen LogP contribution in [0.3, 0.4) is 0 Å². The Labute approximate surface area is 151 Å². The molecule has 0 unspecified atom stereocenters. The number of benzene rings is 1. The van der Waals surface area contributed by atoms with E-state index in [0.717, 1.165) is 12.7 Å². The van der Waals surface area contributed by atoms with E-state index in [1.807, 2.05) is 6.92 Å². The van der Waals surface area contributed by atoms with Crippen LogP contribution in [0.5, 0.6) is 0 Å².